The van der Waals surface area contributed by atoms with E-state index in [1.165, 1.54) is 61.6 Å². The molecule has 13 heteroatoms. The molecule has 18 aromatic carbocycles. The van der Waals surface area contributed by atoms with Crippen LogP contribution in [0.5, 0.6) is 5.75 Å². The fourth-order valence-electron chi connectivity index (χ4n) is 15.1. The third kappa shape index (κ3) is 17.3. The van der Waals surface area contributed by atoms with E-state index in [9.17, 15) is 20.2 Å². The zero-order chi connectivity index (χ0) is 81.6. The van der Waals surface area contributed by atoms with Crippen LogP contribution in [0.2, 0.25) is 0 Å². The number of hydrogen-bond donors (Lipinski definition) is 0. The summed E-state index contributed by atoms with van der Waals surface area (Å²) in [5, 5.41) is 29.4. The van der Waals surface area contributed by atoms with Crippen molar-refractivity contribution in [1.29, 1.82) is 0 Å². The number of hydrogen-bond acceptors (Lipinski definition) is 11. The third-order valence-electron chi connectivity index (χ3n) is 21.5. The molecule has 0 atom stereocenters. The van der Waals surface area contributed by atoms with Gasteiger partial charge >= 0.3 is 0 Å². The average molecular weight is 1550 g/mol. The minimum atomic E-state index is -0.384. The van der Waals surface area contributed by atoms with Gasteiger partial charge in [-0.05, 0) is 207 Å². The number of nitro benzene ring substituents is 2. The van der Waals surface area contributed by atoms with E-state index in [1.54, 1.807) is 31.4 Å². The lowest BCUT2D eigenvalue weighted by Gasteiger charge is -2.27. The Morgan fingerprint density at radius 3 is 0.765 bits per heavy atom. The first-order chi connectivity index (χ1) is 58.4. The van der Waals surface area contributed by atoms with Gasteiger partial charge in [-0.1, -0.05) is 249 Å². The zero-order valence-corrected chi connectivity index (χ0v) is 66.2. The van der Waals surface area contributed by atoms with Crippen molar-refractivity contribution in [1.82, 2.24) is 0 Å². The predicted octanol–water partition coefficient (Wildman–Crippen LogP) is 29.1. The normalized spacial score (nSPS) is 10.8. The van der Waals surface area contributed by atoms with E-state index in [0.717, 1.165) is 113 Å². The topological polar surface area (TPSA) is 115 Å². The van der Waals surface area contributed by atoms with Crippen LogP contribution >= 0.6 is 0 Å². The molecule has 0 fully saturated rings. The number of benzene rings is 18. The lowest BCUT2D eigenvalue weighted by Crippen LogP contribution is -2.10. The van der Waals surface area contributed by atoms with Gasteiger partial charge in [-0.25, -0.2) is 0 Å². The molecule has 0 aromatic heterocycles. The van der Waals surface area contributed by atoms with Crippen molar-refractivity contribution in [3.05, 3.63) is 457 Å². The molecule has 0 aliphatic carbocycles. The van der Waals surface area contributed by atoms with Gasteiger partial charge in [0.05, 0.1) is 34.0 Å². The molecule has 18 aromatic rings. The lowest BCUT2D eigenvalue weighted by atomic mass is 10.0. The molecule has 0 bridgehead atoms. The summed E-state index contributed by atoms with van der Waals surface area (Å²) in [6, 6.07) is 149. The van der Waals surface area contributed by atoms with Gasteiger partial charge in [0, 0.05) is 136 Å². The van der Waals surface area contributed by atoms with Gasteiger partial charge in [0.2, 0.25) is 0 Å². The van der Waals surface area contributed by atoms with Crippen molar-refractivity contribution in [3.63, 3.8) is 0 Å². The summed E-state index contributed by atoms with van der Waals surface area (Å²) in [5.74, 6) is 0.851. The third-order valence-corrected chi connectivity index (χ3v) is 21.5. The summed E-state index contributed by atoms with van der Waals surface area (Å²) in [5.41, 5.74) is 22.8. The minimum Gasteiger partial charge on any atom is -0.497 e. The number of nitrogens with zero attached hydrogens (tertiary/aromatic N) is 8. The number of non-ortho nitro benzene ring substituents is 2. The molecule has 0 aliphatic heterocycles. The summed E-state index contributed by atoms with van der Waals surface area (Å²) in [6.07, 6.45) is 0. The second-order valence-corrected chi connectivity index (χ2v) is 28.7. The Morgan fingerprint density at radius 2 is 0.454 bits per heavy atom. The van der Waals surface area contributed by atoms with E-state index in [2.05, 4.69) is 372 Å². The molecule has 0 spiro atoms. The molecule has 0 radical (unpaired) electrons. The molecule has 13 nitrogen and oxygen atoms in total. The van der Waals surface area contributed by atoms with E-state index in [-0.39, 0.29) is 21.2 Å². The van der Waals surface area contributed by atoms with Crippen LogP contribution in [0.1, 0.15) is 0 Å². The molecule has 0 unspecified atom stereocenters. The Hall–Kier alpha value is -15.9. The molecule has 18 rings (SSSR count). The average Bonchev–Trinajstić information content (AvgIpc) is 0.785. The van der Waals surface area contributed by atoms with Gasteiger partial charge in [0.15, 0.2) is 0 Å². The number of para-hydroxylation sites is 3. The summed E-state index contributed by atoms with van der Waals surface area (Å²) in [7, 11) is 7.63. The first kappa shape index (κ1) is 77.1. The molecule has 578 valence electrons. The van der Waals surface area contributed by atoms with E-state index in [4.69, 9.17) is 4.74 Å². The summed E-state index contributed by atoms with van der Waals surface area (Å²) in [6.45, 7) is 0. The van der Waals surface area contributed by atoms with Crippen LogP contribution in [0.3, 0.4) is 0 Å². The van der Waals surface area contributed by atoms with Crippen LogP contribution in [-0.2, 0) is 0 Å². The lowest BCUT2D eigenvalue weighted by molar-refractivity contribution is -0.385. The van der Waals surface area contributed by atoms with Crippen LogP contribution in [0, 0.1) is 20.2 Å². The fourth-order valence-corrected chi connectivity index (χ4v) is 15.1. The maximum Gasteiger partial charge on any atom is 0.271 e. The largest absolute Gasteiger partial charge is 0.497 e. The second kappa shape index (κ2) is 35.7. The molecule has 0 N–H and O–H groups in total. The van der Waals surface area contributed by atoms with Crippen LogP contribution in [0.4, 0.5) is 96.7 Å². The predicted molar refractivity (Wildman–Crippen MR) is 496 cm³/mol. The van der Waals surface area contributed by atoms with Crippen molar-refractivity contribution in [2.75, 3.05) is 57.7 Å². The maximum absolute atomic E-state index is 11.2. The monoisotopic (exact) mass is 1550 g/mol. The highest BCUT2D eigenvalue weighted by Crippen LogP contribution is 2.45. The fraction of sp³-hybridized carbons (Fsp3) is 0.0377. The van der Waals surface area contributed by atoms with E-state index in [1.807, 2.05) is 72.4 Å². The summed E-state index contributed by atoms with van der Waals surface area (Å²) >= 11 is 0. The first-order valence-electron chi connectivity index (χ1n) is 39.3. The highest BCUT2D eigenvalue weighted by Gasteiger charge is 2.21. The maximum atomic E-state index is 11.2. The van der Waals surface area contributed by atoms with Gasteiger partial charge in [-0.2, -0.15) is 0 Å². The van der Waals surface area contributed by atoms with Gasteiger partial charge in [0.1, 0.15) is 5.75 Å². The van der Waals surface area contributed by atoms with Crippen molar-refractivity contribution in [3.8, 4) is 39.1 Å². The Kier molecular flexibility index (Phi) is 23.1. The van der Waals surface area contributed by atoms with E-state index in [0.29, 0.717) is 0 Å². The number of fused-ring (bicyclic) bond motifs is 3. The van der Waals surface area contributed by atoms with Crippen LogP contribution in [0.15, 0.2) is 437 Å². The van der Waals surface area contributed by atoms with Crippen molar-refractivity contribution in [2.45, 2.75) is 0 Å². The Labute approximate surface area is 693 Å². The summed E-state index contributed by atoms with van der Waals surface area (Å²) < 4.78 is 5.39. The molecule has 0 saturated heterocycles. The second-order valence-electron chi connectivity index (χ2n) is 28.7. The van der Waals surface area contributed by atoms with Crippen molar-refractivity contribution in [2.24, 2.45) is 0 Å². The highest BCUT2D eigenvalue weighted by atomic mass is 16.6. The number of nitro groups is 2. The smallest absolute Gasteiger partial charge is 0.271 e. The SMILES string of the molecule is CN(c1ccc(-c2ccc(N(c3ccccc3)c3cccc4ccccc34)cc2)cc1)c1ccc([N+](=O)[O-])cc1.CN(c1ccc(-c2ccc(N(c3ccccc3)c3cccc4ccccc34)cc2)cc1)c1cccc([N+](=O)[O-])c1.COc1cccc(N(C)c2ccc(-c3ccc(N(c4ccccc4)c4cccc5ccccc45)cc3)cc2)c1. The Bertz CT molecular complexity index is 6490. The van der Waals surface area contributed by atoms with Gasteiger partial charge in [0.25, 0.3) is 11.4 Å². The Morgan fingerprint density at radius 1 is 0.218 bits per heavy atom. The molecular weight excluding hydrogens is 1470 g/mol. The molecule has 119 heavy (non-hydrogen) atoms. The molecule has 0 heterocycles. The number of ether oxygens (including phenoxy) is 1. The highest BCUT2D eigenvalue weighted by molar-refractivity contribution is 6.02. The van der Waals surface area contributed by atoms with Crippen molar-refractivity contribution >= 4 is 129 Å². The summed E-state index contributed by atoms with van der Waals surface area (Å²) in [4.78, 5) is 34.4. The molecule has 0 amide bonds. The Balaban J connectivity index is 0.000000133. The first-order valence-corrected chi connectivity index (χ1v) is 39.3. The zero-order valence-electron chi connectivity index (χ0n) is 66.2. The van der Waals surface area contributed by atoms with Crippen molar-refractivity contribution < 1.29 is 14.6 Å². The number of anilines is 15. The molecule has 0 saturated carbocycles. The van der Waals surface area contributed by atoms with Gasteiger partial charge in [-0.15, -0.1) is 0 Å². The van der Waals surface area contributed by atoms with Crippen LogP contribution < -0.4 is 34.1 Å². The standard InChI is InChI=1S/C36H30N2O.2C35H27N3O2/c1-37(33-14-9-15-34(26-33)39-2)30-22-18-27(19-23-30)28-20-24-32(25-21-28)38(31-12-4-3-5-13-31)36-17-8-11-29-10-6-7-16-35(29)36;1-36(32-13-8-14-33(25-32)38(39)40)29-21-17-26(18-22-29)27-19-23-31(24-20-27)37(30-11-3-2-4-12-30)35-16-7-10-28-9-5-6-15-34(28)35;1-36(30-22-24-33(25-23-30)38(39)40)29-18-14-26(15-19-29)27-16-20-32(21-17-27)37(31-10-3-2-4-11-31)35-13-7-9-28-8-5-6-12-34(28)35/h3-26H,1-2H3;2*2-25H,1H3. The molecular formula is C106H84N8O5. The van der Waals surface area contributed by atoms with Crippen LogP contribution in [-0.4, -0.2) is 38.1 Å². The van der Waals surface area contributed by atoms with Crippen LogP contribution in [0.25, 0.3) is 65.7 Å². The van der Waals surface area contributed by atoms with E-state index >= 15 is 0 Å². The molecule has 0 aliphatic rings. The number of methoxy groups -OCH3 is 1. The van der Waals surface area contributed by atoms with Gasteiger partial charge in [-0.3, -0.25) is 20.2 Å². The van der Waals surface area contributed by atoms with Gasteiger partial charge < -0.3 is 34.1 Å². The quantitative estimate of drug-likeness (QED) is 0.0506. The minimum absolute atomic E-state index is 0.0779. The number of rotatable bonds is 21. The van der Waals surface area contributed by atoms with E-state index < -0.39 is 0 Å².